The average molecular weight is 239 g/mol. The maximum atomic E-state index is 11.9. The van der Waals surface area contributed by atoms with Crippen molar-refractivity contribution in [1.82, 2.24) is 4.90 Å². The van der Waals surface area contributed by atoms with Gasteiger partial charge in [0.1, 0.15) is 0 Å². The summed E-state index contributed by atoms with van der Waals surface area (Å²) < 4.78 is 0. The number of rotatable bonds is 6. The predicted molar refractivity (Wildman–Crippen MR) is 64.2 cm³/mol. The van der Waals surface area contributed by atoms with Crippen LogP contribution in [0.1, 0.15) is 30.6 Å². The van der Waals surface area contributed by atoms with E-state index in [1.165, 1.54) is 4.88 Å². The standard InChI is InChI=1S/C12H17NO2S/c14-7-1-4-12(15)13(10-5-6-10)9-11-3-2-8-16-11/h2-3,8,10,14H,1,4-7,9H2. The summed E-state index contributed by atoms with van der Waals surface area (Å²) >= 11 is 1.69. The number of carbonyl (C=O) groups is 1. The van der Waals surface area contributed by atoms with Crippen LogP contribution in [-0.4, -0.2) is 28.6 Å². The molecule has 1 aromatic heterocycles. The van der Waals surface area contributed by atoms with E-state index in [0.29, 0.717) is 18.9 Å². The van der Waals surface area contributed by atoms with E-state index >= 15 is 0 Å². The van der Waals surface area contributed by atoms with Crippen molar-refractivity contribution in [3.05, 3.63) is 22.4 Å². The molecule has 1 fully saturated rings. The topological polar surface area (TPSA) is 40.5 Å². The van der Waals surface area contributed by atoms with E-state index in [1.54, 1.807) is 11.3 Å². The second kappa shape index (κ2) is 5.46. The van der Waals surface area contributed by atoms with Crippen molar-refractivity contribution in [3.63, 3.8) is 0 Å². The summed E-state index contributed by atoms with van der Waals surface area (Å²) in [5, 5.41) is 10.8. The fourth-order valence-electron chi connectivity index (χ4n) is 1.75. The minimum Gasteiger partial charge on any atom is -0.396 e. The molecule has 0 aromatic carbocycles. The lowest BCUT2D eigenvalue weighted by molar-refractivity contribution is -0.132. The molecular formula is C12H17NO2S. The largest absolute Gasteiger partial charge is 0.396 e. The van der Waals surface area contributed by atoms with E-state index in [2.05, 4.69) is 6.07 Å². The SMILES string of the molecule is O=C(CCCO)N(Cc1cccs1)C1CC1. The van der Waals surface area contributed by atoms with E-state index in [9.17, 15) is 4.79 Å². The Hall–Kier alpha value is -0.870. The second-order valence-corrected chi connectivity index (χ2v) is 5.19. The fourth-order valence-corrected chi connectivity index (χ4v) is 2.45. The number of thiophene rings is 1. The maximum Gasteiger partial charge on any atom is 0.223 e. The molecule has 0 aliphatic heterocycles. The van der Waals surface area contributed by atoms with Crippen molar-refractivity contribution >= 4 is 17.2 Å². The normalized spacial score (nSPS) is 15.1. The molecule has 1 aliphatic carbocycles. The lowest BCUT2D eigenvalue weighted by Crippen LogP contribution is -2.32. The number of hydrogen-bond donors (Lipinski definition) is 1. The average Bonchev–Trinajstić information content (AvgIpc) is 3.00. The number of aliphatic hydroxyl groups is 1. The predicted octanol–water partition coefficient (Wildman–Crippen LogP) is 2.01. The molecule has 0 bridgehead atoms. The third-order valence-electron chi connectivity index (χ3n) is 2.76. The van der Waals surface area contributed by atoms with E-state index in [1.807, 2.05) is 16.3 Å². The maximum absolute atomic E-state index is 11.9. The van der Waals surface area contributed by atoms with Gasteiger partial charge in [-0.2, -0.15) is 0 Å². The third kappa shape index (κ3) is 3.06. The zero-order chi connectivity index (χ0) is 11.4. The van der Waals surface area contributed by atoms with E-state index < -0.39 is 0 Å². The van der Waals surface area contributed by atoms with Crippen molar-refractivity contribution in [2.45, 2.75) is 38.3 Å². The van der Waals surface area contributed by atoms with Gasteiger partial charge in [-0.25, -0.2) is 0 Å². The van der Waals surface area contributed by atoms with Crippen molar-refractivity contribution in [3.8, 4) is 0 Å². The number of aliphatic hydroxyl groups excluding tert-OH is 1. The lowest BCUT2D eigenvalue weighted by Gasteiger charge is -2.21. The van der Waals surface area contributed by atoms with Gasteiger partial charge in [0.25, 0.3) is 0 Å². The van der Waals surface area contributed by atoms with Crippen molar-refractivity contribution in [2.24, 2.45) is 0 Å². The minimum absolute atomic E-state index is 0.100. The Morgan fingerprint density at radius 3 is 2.94 bits per heavy atom. The van der Waals surface area contributed by atoms with E-state index in [4.69, 9.17) is 5.11 Å². The first-order valence-electron chi connectivity index (χ1n) is 5.74. The van der Waals surface area contributed by atoms with Gasteiger partial charge in [-0.15, -0.1) is 11.3 Å². The molecule has 0 atom stereocenters. The summed E-state index contributed by atoms with van der Waals surface area (Å²) in [6.07, 6.45) is 3.32. The summed E-state index contributed by atoms with van der Waals surface area (Å²) in [4.78, 5) is 15.1. The Balaban J connectivity index is 1.92. The molecule has 1 aromatic rings. The molecule has 0 saturated heterocycles. The van der Waals surface area contributed by atoms with Crippen LogP contribution in [-0.2, 0) is 11.3 Å². The summed E-state index contributed by atoms with van der Waals surface area (Å²) in [6.45, 7) is 0.843. The number of amides is 1. The van der Waals surface area contributed by atoms with Gasteiger partial charge in [0.05, 0.1) is 6.54 Å². The molecule has 0 unspecified atom stereocenters. The molecule has 1 aliphatic rings. The first-order chi connectivity index (χ1) is 7.81. The molecule has 1 amide bonds. The van der Waals surface area contributed by atoms with Gasteiger partial charge in [-0.3, -0.25) is 4.79 Å². The summed E-state index contributed by atoms with van der Waals surface area (Å²) in [5.41, 5.74) is 0. The van der Waals surface area contributed by atoms with Crippen LogP contribution in [0.15, 0.2) is 17.5 Å². The van der Waals surface area contributed by atoms with Crippen molar-refractivity contribution in [2.75, 3.05) is 6.61 Å². The van der Waals surface area contributed by atoms with Crippen LogP contribution < -0.4 is 0 Å². The second-order valence-electron chi connectivity index (χ2n) is 4.16. The number of nitrogens with zero attached hydrogens (tertiary/aromatic N) is 1. The molecular weight excluding hydrogens is 222 g/mol. The molecule has 3 nitrogen and oxygen atoms in total. The molecule has 1 N–H and O–H groups in total. The van der Waals surface area contributed by atoms with Gasteiger partial charge < -0.3 is 10.0 Å². The molecule has 1 heterocycles. The van der Waals surface area contributed by atoms with Crippen LogP contribution in [0.25, 0.3) is 0 Å². The quantitative estimate of drug-likeness (QED) is 0.825. The van der Waals surface area contributed by atoms with Crippen LogP contribution >= 0.6 is 11.3 Å². The molecule has 2 rings (SSSR count). The Morgan fingerprint density at radius 2 is 2.38 bits per heavy atom. The van der Waals surface area contributed by atoms with Gasteiger partial charge in [-0.05, 0) is 30.7 Å². The molecule has 0 spiro atoms. The highest BCUT2D eigenvalue weighted by Gasteiger charge is 2.32. The third-order valence-corrected chi connectivity index (χ3v) is 3.62. The molecule has 88 valence electrons. The van der Waals surface area contributed by atoms with E-state index in [-0.39, 0.29) is 12.5 Å². The smallest absolute Gasteiger partial charge is 0.223 e. The Morgan fingerprint density at radius 1 is 1.56 bits per heavy atom. The molecule has 4 heteroatoms. The first kappa shape index (κ1) is 11.6. The first-order valence-corrected chi connectivity index (χ1v) is 6.62. The molecule has 1 saturated carbocycles. The Kier molecular flexibility index (Phi) is 3.96. The van der Waals surface area contributed by atoms with Crippen LogP contribution in [0.5, 0.6) is 0 Å². The van der Waals surface area contributed by atoms with Crippen molar-refractivity contribution in [1.29, 1.82) is 0 Å². The Bertz CT molecular complexity index is 333. The van der Waals surface area contributed by atoms with Crippen LogP contribution in [0.4, 0.5) is 0 Å². The van der Waals surface area contributed by atoms with Gasteiger partial charge in [-0.1, -0.05) is 6.07 Å². The Labute approximate surface area is 99.7 Å². The summed E-state index contributed by atoms with van der Waals surface area (Å²) in [6, 6.07) is 4.54. The minimum atomic E-state index is 0.100. The van der Waals surface area contributed by atoms with Gasteiger partial charge in [0.2, 0.25) is 5.91 Å². The van der Waals surface area contributed by atoms with Crippen LogP contribution in [0.3, 0.4) is 0 Å². The van der Waals surface area contributed by atoms with E-state index in [0.717, 1.165) is 19.4 Å². The number of carbonyl (C=O) groups excluding carboxylic acids is 1. The zero-order valence-electron chi connectivity index (χ0n) is 9.26. The van der Waals surface area contributed by atoms with Gasteiger partial charge in [0.15, 0.2) is 0 Å². The highest BCUT2D eigenvalue weighted by atomic mass is 32.1. The summed E-state index contributed by atoms with van der Waals surface area (Å²) in [7, 11) is 0. The van der Waals surface area contributed by atoms with Crippen molar-refractivity contribution < 1.29 is 9.90 Å². The highest BCUT2D eigenvalue weighted by Crippen LogP contribution is 2.29. The number of hydrogen-bond acceptors (Lipinski definition) is 3. The van der Waals surface area contributed by atoms with Gasteiger partial charge >= 0.3 is 0 Å². The fraction of sp³-hybridized carbons (Fsp3) is 0.583. The summed E-state index contributed by atoms with van der Waals surface area (Å²) in [5.74, 6) is 0.185. The molecule has 16 heavy (non-hydrogen) atoms. The zero-order valence-corrected chi connectivity index (χ0v) is 10.1. The highest BCUT2D eigenvalue weighted by molar-refractivity contribution is 7.09. The molecule has 0 radical (unpaired) electrons. The monoisotopic (exact) mass is 239 g/mol. The lowest BCUT2D eigenvalue weighted by atomic mass is 10.2. The van der Waals surface area contributed by atoms with Crippen LogP contribution in [0.2, 0.25) is 0 Å². The van der Waals surface area contributed by atoms with Gasteiger partial charge in [0, 0.05) is 23.9 Å². The van der Waals surface area contributed by atoms with Crippen LogP contribution in [0, 0.1) is 0 Å².